The molecule has 23 nitrogen and oxygen atoms in total. The summed E-state index contributed by atoms with van der Waals surface area (Å²) in [6.45, 7) is 51.3. The average molecular weight is 1470 g/mol. The summed E-state index contributed by atoms with van der Waals surface area (Å²) in [5.74, 6) is -2.29. The minimum atomic E-state index is -1.07. The van der Waals surface area contributed by atoms with Crippen LogP contribution in [0.1, 0.15) is 253 Å². The van der Waals surface area contributed by atoms with Crippen molar-refractivity contribution in [1.29, 1.82) is 0 Å². The SMILES string of the molecule is CC[C@@H](N(NC(=O)c1ccc(B2OC(C)(C)C(C)(C)O2)c(N)c1)C(=O)c1cc(C)cc(C)c1)C(C)(C)C.CC[C@@H](N(NC(=O)c1ccc(B2OC(C)(C)C(C)(C)O2)c([N+](=O)[O-])c1)C(=O)c1cc(C)cc(C)c1)C(C)(C)C.CC[C@@H](N(NC(=O)c1ccc2c(c1)NOB2O)C(=O)c1cc(C)cc(C)c1)C(C)(C)C. The van der Waals surface area contributed by atoms with Crippen molar-refractivity contribution in [3.05, 3.63) is 186 Å². The van der Waals surface area contributed by atoms with E-state index in [-0.39, 0.29) is 68.8 Å². The molecule has 3 aliphatic rings. The zero-order valence-electron chi connectivity index (χ0n) is 67.6. The smallest absolute Gasteiger partial charge is 0.422 e. The molecule has 0 aromatic heterocycles. The van der Waals surface area contributed by atoms with Crippen molar-refractivity contribution in [1.82, 2.24) is 31.3 Å². The van der Waals surface area contributed by atoms with Gasteiger partial charge in [0.2, 0.25) is 0 Å². The quantitative estimate of drug-likeness (QED) is 0.0241. The molecule has 6 aromatic carbocycles. The van der Waals surface area contributed by atoms with E-state index in [1.54, 1.807) is 48.5 Å². The summed E-state index contributed by atoms with van der Waals surface area (Å²) in [6.07, 6.45) is 1.93. The molecule has 9 rings (SSSR count). The van der Waals surface area contributed by atoms with Gasteiger partial charge in [-0.25, -0.2) is 15.0 Å². The molecule has 7 N–H and O–H groups in total. The molecule has 3 atom stereocenters. The molecule has 0 aliphatic carbocycles. The first-order valence-electron chi connectivity index (χ1n) is 36.7. The number of fused-ring (bicyclic) bond motifs is 1. The summed E-state index contributed by atoms with van der Waals surface area (Å²) in [7, 11) is -2.66. The molecule has 3 aliphatic heterocycles. The van der Waals surface area contributed by atoms with Gasteiger partial charge >= 0.3 is 21.4 Å². The largest absolute Gasteiger partial charge is 0.516 e. The van der Waals surface area contributed by atoms with Gasteiger partial charge < -0.3 is 29.4 Å². The lowest BCUT2D eigenvalue weighted by Crippen LogP contribution is -2.56. The van der Waals surface area contributed by atoms with E-state index in [0.29, 0.717) is 69.4 Å². The van der Waals surface area contributed by atoms with Crippen LogP contribution in [-0.4, -0.2) is 122 Å². The standard InChI is InChI=1S/C29H40BN3O6.C29H42BN3O4.C23H30BN3O4/c1-11-24(27(4,5)6)32(26(35)21-15-18(2)14-19(3)16-21)31-25(34)20-12-13-22(23(17-20)33(36)37)30-38-28(7,8)29(9,10)39-30;1-11-24(27(4,5)6)33(26(35)21-15-18(2)14-19(3)16-21)32-25(34)20-12-13-22(23(31)17-20)30-36-28(7,8)29(9,10)37-30;1-7-20(23(4,5)6)27(22(29)17-11-14(2)10-15(3)12-17)25-21(28)16-8-9-18-19(13-16)26-31-24(18)30/h12-17,24H,11H2,1-10H3,(H,31,34);12-17,24H,11,31H2,1-10H3,(H,32,34);8-13,20,26,30H,7H2,1-6H3,(H,25,28)/t2*24-;20-/m111/s1. The summed E-state index contributed by atoms with van der Waals surface area (Å²) in [4.78, 5) is 92.6. The number of carbonyl (C=O) groups is 6. The molecule has 6 amide bonds. The number of anilines is 2. The number of nitrogen functional groups attached to an aromatic ring is 1. The lowest BCUT2D eigenvalue weighted by Gasteiger charge is -2.39. The number of nitrogens with zero attached hydrogens (tertiary/aromatic N) is 4. The molecule has 2 fully saturated rings. The van der Waals surface area contributed by atoms with Crippen LogP contribution in [0.4, 0.5) is 17.1 Å². The zero-order chi connectivity index (χ0) is 80.3. The molecule has 0 bridgehead atoms. The van der Waals surface area contributed by atoms with Gasteiger partial charge in [-0.3, -0.25) is 65.4 Å². The minimum Gasteiger partial charge on any atom is -0.422 e. The number of nitro benzene ring substituents is 1. The number of carbonyl (C=O) groups excluding carboxylic acids is 6. The number of nitrogens with two attached hydrogens (primary N) is 1. The van der Waals surface area contributed by atoms with Gasteiger partial charge in [0.05, 0.1) is 56.6 Å². The van der Waals surface area contributed by atoms with E-state index in [1.807, 2.05) is 202 Å². The first kappa shape index (κ1) is 85.3. The Morgan fingerprint density at radius 3 is 1.03 bits per heavy atom. The van der Waals surface area contributed by atoms with Gasteiger partial charge in [-0.2, -0.15) is 0 Å². The number of amides is 6. The third kappa shape index (κ3) is 20.1. The Labute approximate surface area is 633 Å². The summed E-state index contributed by atoms with van der Waals surface area (Å²) >= 11 is 0. The third-order valence-electron chi connectivity index (χ3n) is 20.5. The Hall–Kier alpha value is -8.91. The molecule has 0 radical (unpaired) electrons. The Morgan fingerprint density at radius 1 is 0.458 bits per heavy atom. The van der Waals surface area contributed by atoms with Crippen molar-refractivity contribution >= 4 is 90.2 Å². The zero-order valence-corrected chi connectivity index (χ0v) is 67.6. The topological polar surface area (TPSA) is 296 Å². The van der Waals surface area contributed by atoms with Crippen LogP contribution in [-0.2, 0) is 23.4 Å². The van der Waals surface area contributed by atoms with Gasteiger partial charge in [0.25, 0.3) is 41.1 Å². The second-order valence-electron chi connectivity index (χ2n) is 33.8. The molecule has 0 spiro atoms. The first-order valence-corrected chi connectivity index (χ1v) is 36.7. The highest BCUT2D eigenvalue weighted by atomic mass is 16.7. The molecule has 0 unspecified atom stereocenters. The molecule has 0 saturated carbocycles. The van der Waals surface area contributed by atoms with Crippen LogP contribution in [0.3, 0.4) is 0 Å². The minimum absolute atomic E-state index is 0.0453. The lowest BCUT2D eigenvalue weighted by molar-refractivity contribution is -0.383. The highest BCUT2D eigenvalue weighted by Crippen LogP contribution is 2.39. The molecule has 2 saturated heterocycles. The predicted octanol–water partition coefficient (Wildman–Crippen LogP) is 12.9. The van der Waals surface area contributed by atoms with Crippen LogP contribution in [0.2, 0.25) is 0 Å². The van der Waals surface area contributed by atoms with Gasteiger partial charge in [-0.05, 0) is 199 Å². The number of nitro groups is 1. The number of nitrogens with one attached hydrogen (secondary N) is 4. The van der Waals surface area contributed by atoms with Crippen molar-refractivity contribution < 1.29 is 62.1 Å². The van der Waals surface area contributed by atoms with Crippen LogP contribution in [0.5, 0.6) is 0 Å². The Bertz CT molecular complexity index is 4240. The molecule has 26 heteroatoms. The molecular weight excluding hydrogens is 1360 g/mol. The van der Waals surface area contributed by atoms with Crippen molar-refractivity contribution in [2.75, 3.05) is 11.2 Å². The molecule has 574 valence electrons. The molecule has 3 heterocycles. The van der Waals surface area contributed by atoms with E-state index in [4.69, 9.17) is 29.1 Å². The van der Waals surface area contributed by atoms with E-state index in [0.717, 1.165) is 33.4 Å². The van der Waals surface area contributed by atoms with E-state index in [9.17, 15) is 43.9 Å². The van der Waals surface area contributed by atoms with Gasteiger partial charge in [-0.1, -0.05) is 153 Å². The number of hydrogen-bond acceptors (Lipinski definition) is 16. The first-order chi connectivity index (χ1) is 49.3. The van der Waals surface area contributed by atoms with Crippen molar-refractivity contribution in [2.45, 2.75) is 240 Å². The Balaban J connectivity index is 0.000000225. The maximum atomic E-state index is 13.8. The number of benzene rings is 6. The number of hydrazine groups is 3. The maximum Gasteiger partial charge on any atom is 0.516 e. The van der Waals surface area contributed by atoms with E-state index < -0.39 is 66.4 Å². The van der Waals surface area contributed by atoms with Crippen molar-refractivity contribution in [2.24, 2.45) is 16.2 Å². The third-order valence-corrected chi connectivity index (χ3v) is 20.5. The summed E-state index contributed by atoms with van der Waals surface area (Å²) in [5.41, 5.74) is 24.4. The van der Waals surface area contributed by atoms with Crippen LogP contribution >= 0.6 is 0 Å². The highest BCUT2D eigenvalue weighted by Gasteiger charge is 2.54. The van der Waals surface area contributed by atoms with E-state index in [1.165, 1.54) is 33.2 Å². The average Bonchev–Trinajstić information content (AvgIpc) is 1.63. The van der Waals surface area contributed by atoms with Gasteiger partial charge in [0.1, 0.15) is 0 Å². The van der Waals surface area contributed by atoms with Crippen LogP contribution in [0.15, 0.2) is 109 Å². The monoisotopic (exact) mass is 1470 g/mol. The Kier molecular flexibility index (Phi) is 26.2. The van der Waals surface area contributed by atoms with E-state index in [2.05, 4.69) is 42.5 Å². The molecule has 107 heavy (non-hydrogen) atoms. The second kappa shape index (κ2) is 32.9. The van der Waals surface area contributed by atoms with Gasteiger partial charge in [0, 0.05) is 56.1 Å². The van der Waals surface area contributed by atoms with E-state index >= 15 is 0 Å². The fraction of sp³-hybridized carbons (Fsp3) is 0.481. The second-order valence-corrected chi connectivity index (χ2v) is 33.8. The number of rotatable bonds is 15. The molecular formula is C81H112B3N9O14. The summed E-state index contributed by atoms with van der Waals surface area (Å²) in [5, 5.41) is 26.1. The molecule has 6 aromatic rings. The normalized spacial score (nSPS) is 16.3. The number of hydrogen-bond donors (Lipinski definition) is 6. The summed E-state index contributed by atoms with van der Waals surface area (Å²) in [6, 6.07) is 30.2. The van der Waals surface area contributed by atoms with Crippen molar-refractivity contribution in [3.8, 4) is 0 Å². The van der Waals surface area contributed by atoms with Crippen LogP contribution in [0.25, 0.3) is 0 Å². The van der Waals surface area contributed by atoms with Crippen LogP contribution in [0, 0.1) is 67.9 Å². The van der Waals surface area contributed by atoms with Gasteiger partial charge in [0.15, 0.2) is 0 Å². The lowest BCUT2D eigenvalue weighted by atomic mass is 9.77. The number of aryl methyl sites for hydroxylation is 6. The Morgan fingerprint density at radius 2 is 0.738 bits per heavy atom. The van der Waals surface area contributed by atoms with Crippen LogP contribution < -0.4 is 43.9 Å². The fourth-order valence-corrected chi connectivity index (χ4v) is 13.7. The van der Waals surface area contributed by atoms with Crippen molar-refractivity contribution in [3.63, 3.8) is 0 Å². The predicted molar refractivity (Wildman–Crippen MR) is 423 cm³/mol. The maximum absolute atomic E-state index is 13.8. The fourth-order valence-electron chi connectivity index (χ4n) is 13.7. The van der Waals surface area contributed by atoms with Gasteiger partial charge in [-0.15, -0.1) is 0 Å². The summed E-state index contributed by atoms with van der Waals surface area (Å²) < 4.78 is 29.2. The highest BCUT2D eigenvalue weighted by molar-refractivity contribution is 6.64.